The zero-order valence-electron chi connectivity index (χ0n) is 12.5. The Kier molecular flexibility index (Phi) is 4.33. The number of aryl methyl sites for hydroxylation is 1. The van der Waals surface area contributed by atoms with Gasteiger partial charge in [0, 0.05) is 30.6 Å². The van der Waals surface area contributed by atoms with Crippen molar-refractivity contribution in [1.29, 1.82) is 0 Å². The van der Waals surface area contributed by atoms with Crippen LogP contribution in [0.15, 0.2) is 54.6 Å². The number of fused-ring (bicyclic) bond motifs is 1. The molecular weight excluding hydrogens is 274 g/mol. The van der Waals surface area contributed by atoms with Gasteiger partial charge >= 0.3 is 0 Å². The molecule has 0 unspecified atom stereocenters. The maximum absolute atomic E-state index is 12.5. The van der Waals surface area contributed by atoms with Crippen molar-refractivity contribution in [3.63, 3.8) is 0 Å². The second-order valence-electron chi connectivity index (χ2n) is 5.57. The van der Waals surface area contributed by atoms with Crippen LogP contribution in [-0.4, -0.2) is 18.2 Å². The Labute approximate surface area is 130 Å². The molecule has 0 fully saturated rings. The van der Waals surface area contributed by atoms with Gasteiger partial charge in [0.05, 0.1) is 0 Å². The van der Waals surface area contributed by atoms with Gasteiger partial charge in [0.1, 0.15) is 0 Å². The van der Waals surface area contributed by atoms with E-state index in [2.05, 4.69) is 6.07 Å². The zero-order chi connectivity index (χ0) is 15.4. The van der Waals surface area contributed by atoms with Crippen molar-refractivity contribution >= 4 is 17.4 Å². The lowest BCUT2D eigenvalue weighted by atomic mass is 10.0. The molecule has 3 rings (SSSR count). The summed E-state index contributed by atoms with van der Waals surface area (Å²) in [6.07, 6.45) is 2.53. The van der Waals surface area contributed by atoms with Crippen molar-refractivity contribution in [2.24, 2.45) is 0 Å². The van der Waals surface area contributed by atoms with Crippen molar-refractivity contribution in [3.05, 3.63) is 65.7 Å². The predicted molar refractivity (Wildman–Crippen MR) is 87.1 cm³/mol. The van der Waals surface area contributed by atoms with E-state index in [0.29, 0.717) is 5.56 Å². The van der Waals surface area contributed by atoms with Gasteiger partial charge in [-0.25, -0.2) is 0 Å². The average Bonchev–Trinajstić information content (AvgIpc) is 2.59. The van der Waals surface area contributed by atoms with Gasteiger partial charge in [-0.2, -0.15) is 0 Å². The first kappa shape index (κ1) is 14.5. The maximum atomic E-state index is 12.5. The molecule has 3 heteroatoms. The predicted octanol–water partition coefficient (Wildman–Crippen LogP) is 3.63. The first-order valence-electron chi connectivity index (χ1n) is 7.72. The van der Waals surface area contributed by atoms with Crippen LogP contribution in [0.3, 0.4) is 0 Å². The zero-order valence-corrected chi connectivity index (χ0v) is 12.5. The Morgan fingerprint density at radius 1 is 0.909 bits per heavy atom. The van der Waals surface area contributed by atoms with E-state index in [0.717, 1.165) is 25.1 Å². The molecular formula is C19H19NO2. The van der Waals surface area contributed by atoms with Crippen LogP contribution in [-0.2, 0) is 11.2 Å². The molecule has 0 atom stereocenters. The van der Waals surface area contributed by atoms with Crippen LogP contribution in [0.2, 0.25) is 0 Å². The lowest BCUT2D eigenvalue weighted by molar-refractivity contribution is -0.118. The van der Waals surface area contributed by atoms with E-state index in [1.54, 1.807) is 12.1 Å². The molecule has 0 bridgehead atoms. The van der Waals surface area contributed by atoms with E-state index in [9.17, 15) is 9.59 Å². The minimum Gasteiger partial charge on any atom is -0.312 e. The summed E-state index contributed by atoms with van der Waals surface area (Å²) in [4.78, 5) is 26.4. The van der Waals surface area contributed by atoms with E-state index >= 15 is 0 Å². The molecule has 0 saturated carbocycles. The highest BCUT2D eigenvalue weighted by Gasteiger charge is 2.22. The summed E-state index contributed by atoms with van der Waals surface area (Å²) in [5, 5.41) is 0. The van der Waals surface area contributed by atoms with Crippen LogP contribution < -0.4 is 4.90 Å². The summed E-state index contributed by atoms with van der Waals surface area (Å²) in [5.41, 5.74) is 2.90. The second-order valence-corrected chi connectivity index (χ2v) is 5.57. The number of hydrogen-bond acceptors (Lipinski definition) is 2. The van der Waals surface area contributed by atoms with Gasteiger partial charge < -0.3 is 4.90 Å². The molecule has 1 aliphatic rings. The van der Waals surface area contributed by atoms with E-state index in [1.165, 1.54) is 5.56 Å². The Bertz CT molecular complexity index is 679. The van der Waals surface area contributed by atoms with E-state index in [-0.39, 0.29) is 24.5 Å². The number of nitrogens with zero attached hydrogens (tertiary/aromatic N) is 1. The summed E-state index contributed by atoms with van der Waals surface area (Å²) in [5.74, 6) is 0.0654. The van der Waals surface area contributed by atoms with Crippen LogP contribution in [0.4, 0.5) is 5.69 Å². The number of carbonyl (C=O) groups excluding carboxylic acids is 2. The van der Waals surface area contributed by atoms with Crippen LogP contribution in [0.25, 0.3) is 0 Å². The van der Waals surface area contributed by atoms with Gasteiger partial charge in [0.25, 0.3) is 0 Å². The number of carbonyl (C=O) groups is 2. The quantitative estimate of drug-likeness (QED) is 0.807. The smallest absolute Gasteiger partial charge is 0.227 e. The molecule has 2 aromatic rings. The molecule has 0 radical (unpaired) electrons. The Morgan fingerprint density at radius 2 is 1.64 bits per heavy atom. The summed E-state index contributed by atoms with van der Waals surface area (Å²) >= 11 is 0. The molecule has 112 valence electrons. The third-order valence-electron chi connectivity index (χ3n) is 4.07. The van der Waals surface area contributed by atoms with Crippen molar-refractivity contribution < 1.29 is 9.59 Å². The normalized spacial score (nSPS) is 13.5. The number of anilines is 1. The van der Waals surface area contributed by atoms with Crippen LogP contribution in [0.1, 0.15) is 35.2 Å². The van der Waals surface area contributed by atoms with Crippen molar-refractivity contribution in [2.75, 3.05) is 11.4 Å². The number of ketones is 1. The fourth-order valence-electron chi connectivity index (χ4n) is 2.92. The van der Waals surface area contributed by atoms with Gasteiger partial charge in [0.2, 0.25) is 5.91 Å². The monoisotopic (exact) mass is 293 g/mol. The molecule has 1 aliphatic heterocycles. The first-order chi connectivity index (χ1) is 10.8. The fraction of sp³-hybridized carbons (Fsp3) is 0.263. The van der Waals surface area contributed by atoms with E-state index in [4.69, 9.17) is 0 Å². The SMILES string of the molecule is O=C(CCC(=O)N1CCCc2ccccc21)c1ccccc1. The molecule has 0 aliphatic carbocycles. The van der Waals surface area contributed by atoms with E-state index < -0.39 is 0 Å². The molecule has 22 heavy (non-hydrogen) atoms. The Hall–Kier alpha value is -2.42. The van der Waals surface area contributed by atoms with Crippen molar-refractivity contribution in [2.45, 2.75) is 25.7 Å². The first-order valence-corrected chi connectivity index (χ1v) is 7.72. The van der Waals surface area contributed by atoms with Gasteiger partial charge in [-0.15, -0.1) is 0 Å². The molecule has 0 N–H and O–H groups in total. The van der Waals surface area contributed by atoms with E-state index in [1.807, 2.05) is 41.3 Å². The second kappa shape index (κ2) is 6.56. The minimum atomic E-state index is 0.0271. The maximum Gasteiger partial charge on any atom is 0.227 e. The highest BCUT2D eigenvalue weighted by atomic mass is 16.2. The lowest BCUT2D eigenvalue weighted by Crippen LogP contribution is -2.35. The Balaban J connectivity index is 1.65. The summed E-state index contributed by atoms with van der Waals surface area (Å²) in [6.45, 7) is 0.745. The highest BCUT2D eigenvalue weighted by Crippen LogP contribution is 2.27. The average molecular weight is 293 g/mol. The topological polar surface area (TPSA) is 37.4 Å². The van der Waals surface area contributed by atoms with Crippen molar-refractivity contribution in [1.82, 2.24) is 0 Å². The summed E-state index contributed by atoms with van der Waals surface area (Å²) in [6, 6.07) is 17.2. The molecule has 1 heterocycles. The third-order valence-corrected chi connectivity index (χ3v) is 4.07. The lowest BCUT2D eigenvalue weighted by Gasteiger charge is -2.29. The molecule has 0 saturated heterocycles. The molecule has 1 amide bonds. The number of benzene rings is 2. The number of rotatable bonds is 4. The Morgan fingerprint density at radius 3 is 2.45 bits per heavy atom. The molecule has 2 aromatic carbocycles. The largest absolute Gasteiger partial charge is 0.312 e. The summed E-state index contributed by atoms with van der Waals surface area (Å²) < 4.78 is 0. The van der Waals surface area contributed by atoms with Crippen molar-refractivity contribution in [3.8, 4) is 0 Å². The molecule has 0 aromatic heterocycles. The number of para-hydroxylation sites is 1. The molecule has 3 nitrogen and oxygen atoms in total. The third kappa shape index (κ3) is 3.08. The number of hydrogen-bond donors (Lipinski definition) is 0. The summed E-state index contributed by atoms with van der Waals surface area (Å²) in [7, 11) is 0. The molecule has 0 spiro atoms. The van der Waals surface area contributed by atoms with Gasteiger partial charge in [-0.05, 0) is 24.5 Å². The van der Waals surface area contributed by atoms with Gasteiger partial charge in [-0.1, -0.05) is 48.5 Å². The van der Waals surface area contributed by atoms with Crippen LogP contribution in [0, 0.1) is 0 Å². The van der Waals surface area contributed by atoms with Crippen LogP contribution in [0.5, 0.6) is 0 Å². The number of Topliss-reactive ketones (excluding diaryl/α,β-unsaturated/α-hetero) is 1. The van der Waals surface area contributed by atoms with Gasteiger partial charge in [0.15, 0.2) is 5.78 Å². The highest BCUT2D eigenvalue weighted by molar-refractivity contribution is 6.01. The minimum absolute atomic E-state index is 0.0271. The fourth-order valence-corrected chi connectivity index (χ4v) is 2.92. The number of amides is 1. The standard InChI is InChI=1S/C19H19NO2/c21-18(16-8-2-1-3-9-16)12-13-19(22)20-14-6-10-15-7-4-5-11-17(15)20/h1-5,7-9,11H,6,10,12-14H2. The van der Waals surface area contributed by atoms with Crippen LogP contribution >= 0.6 is 0 Å². The van der Waals surface area contributed by atoms with Gasteiger partial charge in [-0.3, -0.25) is 9.59 Å².